The molecule has 1 amide bonds. The van der Waals surface area contributed by atoms with Crippen molar-refractivity contribution in [2.24, 2.45) is 5.92 Å². The van der Waals surface area contributed by atoms with Crippen molar-refractivity contribution in [2.75, 3.05) is 18.4 Å². The predicted molar refractivity (Wildman–Crippen MR) is 87.2 cm³/mol. The number of likely N-dealkylation sites (tertiary alicyclic amines) is 1. The molecule has 0 aromatic heterocycles. The van der Waals surface area contributed by atoms with Gasteiger partial charge in [-0.1, -0.05) is 40.2 Å². The van der Waals surface area contributed by atoms with Crippen molar-refractivity contribution in [3.05, 3.63) is 35.4 Å². The molecule has 1 atom stereocenters. The van der Waals surface area contributed by atoms with Crippen LogP contribution in [-0.2, 0) is 11.2 Å². The molecule has 1 saturated heterocycles. The van der Waals surface area contributed by atoms with E-state index in [1.807, 2.05) is 0 Å². The number of benzene rings is 1. The van der Waals surface area contributed by atoms with E-state index in [2.05, 4.69) is 52.0 Å². The molecule has 2 nitrogen and oxygen atoms in total. The summed E-state index contributed by atoms with van der Waals surface area (Å²) in [5.41, 5.74) is 2.59. The second kappa shape index (κ2) is 7.82. The Morgan fingerprint density at radius 1 is 1.40 bits per heavy atom. The zero-order valence-corrected chi connectivity index (χ0v) is 13.9. The molecule has 20 heavy (non-hydrogen) atoms. The van der Waals surface area contributed by atoms with E-state index in [1.54, 1.807) is 0 Å². The minimum Gasteiger partial charge on any atom is -0.342 e. The fraction of sp³-hybridized carbons (Fsp3) is 0.588. The summed E-state index contributed by atoms with van der Waals surface area (Å²) in [4.78, 5) is 14.4. The Balaban J connectivity index is 1.84. The molecule has 0 N–H and O–H groups in total. The summed E-state index contributed by atoms with van der Waals surface area (Å²) in [5.74, 6) is 1.01. The molecule has 1 fully saturated rings. The number of carbonyl (C=O) groups excluding carboxylic acids is 1. The monoisotopic (exact) mass is 337 g/mol. The molecular weight excluding hydrogens is 314 g/mol. The maximum Gasteiger partial charge on any atom is 0.222 e. The van der Waals surface area contributed by atoms with E-state index in [0.717, 1.165) is 31.3 Å². The van der Waals surface area contributed by atoms with Crippen LogP contribution in [0, 0.1) is 12.8 Å². The Bertz CT molecular complexity index is 444. The summed E-state index contributed by atoms with van der Waals surface area (Å²) in [5, 5.41) is 1.04. The lowest BCUT2D eigenvalue weighted by molar-refractivity contribution is -0.133. The second-order valence-corrected chi connectivity index (χ2v) is 6.55. The quantitative estimate of drug-likeness (QED) is 0.745. The van der Waals surface area contributed by atoms with Gasteiger partial charge >= 0.3 is 0 Å². The van der Waals surface area contributed by atoms with Crippen LogP contribution in [0.3, 0.4) is 0 Å². The summed E-state index contributed by atoms with van der Waals surface area (Å²) in [6, 6.07) is 8.36. The van der Waals surface area contributed by atoms with Crippen LogP contribution < -0.4 is 0 Å². The van der Waals surface area contributed by atoms with Gasteiger partial charge in [-0.25, -0.2) is 0 Å². The molecule has 2 rings (SSSR count). The average molecular weight is 338 g/mol. The SMILES string of the molecule is Cc1ccccc1CCC(=O)N1CCCC(CCBr)C1. The van der Waals surface area contributed by atoms with Gasteiger partial charge in [0.25, 0.3) is 0 Å². The topological polar surface area (TPSA) is 20.3 Å². The van der Waals surface area contributed by atoms with Crippen LogP contribution in [-0.4, -0.2) is 29.2 Å². The van der Waals surface area contributed by atoms with Gasteiger partial charge in [0.15, 0.2) is 0 Å². The summed E-state index contributed by atoms with van der Waals surface area (Å²) < 4.78 is 0. The van der Waals surface area contributed by atoms with E-state index in [1.165, 1.54) is 24.0 Å². The summed E-state index contributed by atoms with van der Waals surface area (Å²) in [6.07, 6.45) is 5.12. The van der Waals surface area contributed by atoms with Gasteiger partial charge in [0.2, 0.25) is 5.91 Å². The van der Waals surface area contributed by atoms with Crippen LogP contribution in [0.15, 0.2) is 24.3 Å². The number of carbonyl (C=O) groups is 1. The zero-order chi connectivity index (χ0) is 14.4. The highest BCUT2D eigenvalue weighted by Crippen LogP contribution is 2.21. The van der Waals surface area contributed by atoms with Gasteiger partial charge in [-0.15, -0.1) is 0 Å². The third-order valence-corrected chi connectivity index (χ3v) is 4.72. The van der Waals surface area contributed by atoms with Crippen molar-refractivity contribution in [1.82, 2.24) is 4.90 Å². The third-order valence-electron chi connectivity index (χ3n) is 4.26. The molecule has 3 heteroatoms. The van der Waals surface area contributed by atoms with Gasteiger partial charge in [0.1, 0.15) is 0 Å². The number of alkyl halides is 1. The molecule has 1 aliphatic heterocycles. The molecule has 1 unspecified atom stereocenters. The molecule has 1 heterocycles. The first kappa shape index (κ1) is 15.6. The fourth-order valence-electron chi connectivity index (χ4n) is 2.97. The second-order valence-electron chi connectivity index (χ2n) is 5.75. The van der Waals surface area contributed by atoms with Gasteiger partial charge in [-0.2, -0.15) is 0 Å². The van der Waals surface area contributed by atoms with Crippen molar-refractivity contribution >= 4 is 21.8 Å². The van der Waals surface area contributed by atoms with Gasteiger partial charge in [-0.3, -0.25) is 4.79 Å². The number of rotatable bonds is 5. The molecule has 0 radical (unpaired) electrons. The highest BCUT2D eigenvalue weighted by Gasteiger charge is 2.22. The van der Waals surface area contributed by atoms with Crippen molar-refractivity contribution in [2.45, 2.75) is 39.0 Å². The van der Waals surface area contributed by atoms with Crippen LogP contribution >= 0.6 is 15.9 Å². The number of halogens is 1. The van der Waals surface area contributed by atoms with Crippen LogP contribution in [0.5, 0.6) is 0 Å². The van der Waals surface area contributed by atoms with Crippen LogP contribution in [0.25, 0.3) is 0 Å². The highest BCUT2D eigenvalue weighted by molar-refractivity contribution is 9.09. The first-order valence-electron chi connectivity index (χ1n) is 7.59. The maximum absolute atomic E-state index is 12.3. The van der Waals surface area contributed by atoms with Gasteiger partial charge in [-0.05, 0) is 49.7 Å². The predicted octanol–water partition coefficient (Wildman–Crippen LogP) is 3.95. The lowest BCUT2D eigenvalue weighted by Crippen LogP contribution is -2.40. The van der Waals surface area contributed by atoms with E-state index in [9.17, 15) is 4.79 Å². The van der Waals surface area contributed by atoms with Crippen LogP contribution in [0.2, 0.25) is 0 Å². The molecule has 1 aliphatic rings. The van der Waals surface area contributed by atoms with Crippen molar-refractivity contribution in [3.63, 3.8) is 0 Å². The third kappa shape index (κ3) is 4.34. The fourth-order valence-corrected chi connectivity index (χ4v) is 3.62. The lowest BCUT2D eigenvalue weighted by atomic mass is 9.95. The molecule has 1 aromatic carbocycles. The highest BCUT2D eigenvalue weighted by atomic mass is 79.9. The number of aryl methyl sites for hydroxylation is 2. The number of nitrogens with zero attached hydrogens (tertiary/aromatic N) is 1. The van der Waals surface area contributed by atoms with E-state index < -0.39 is 0 Å². The van der Waals surface area contributed by atoms with Crippen molar-refractivity contribution in [1.29, 1.82) is 0 Å². The standard InChI is InChI=1S/C17H24BrNO/c1-14-5-2-3-7-16(14)8-9-17(20)19-12-4-6-15(13-19)10-11-18/h2-3,5,7,15H,4,6,8-13H2,1H3. The Morgan fingerprint density at radius 2 is 2.20 bits per heavy atom. The lowest BCUT2D eigenvalue weighted by Gasteiger charge is -2.32. The Labute approximate surface area is 130 Å². The minimum atomic E-state index is 0.326. The molecular formula is C17H24BrNO. The van der Waals surface area contributed by atoms with E-state index in [4.69, 9.17) is 0 Å². The molecule has 0 spiro atoms. The first-order chi connectivity index (χ1) is 9.70. The molecule has 110 valence electrons. The van der Waals surface area contributed by atoms with Crippen LogP contribution in [0.4, 0.5) is 0 Å². The van der Waals surface area contributed by atoms with Gasteiger partial charge < -0.3 is 4.90 Å². The smallest absolute Gasteiger partial charge is 0.222 e. The summed E-state index contributed by atoms with van der Waals surface area (Å²) in [7, 11) is 0. The number of piperidine rings is 1. The van der Waals surface area contributed by atoms with E-state index in [-0.39, 0.29) is 0 Å². The Morgan fingerprint density at radius 3 is 2.95 bits per heavy atom. The van der Waals surface area contributed by atoms with E-state index in [0.29, 0.717) is 18.2 Å². The Kier molecular flexibility index (Phi) is 6.08. The van der Waals surface area contributed by atoms with E-state index >= 15 is 0 Å². The Hall–Kier alpha value is -0.830. The number of hydrogen-bond donors (Lipinski definition) is 0. The van der Waals surface area contributed by atoms with Gasteiger partial charge in [0, 0.05) is 24.8 Å². The molecule has 1 aromatic rings. The largest absolute Gasteiger partial charge is 0.342 e. The summed E-state index contributed by atoms with van der Waals surface area (Å²) in [6.45, 7) is 4.02. The van der Waals surface area contributed by atoms with Crippen molar-refractivity contribution < 1.29 is 4.79 Å². The molecule has 0 saturated carbocycles. The number of amides is 1. The molecule has 0 aliphatic carbocycles. The summed E-state index contributed by atoms with van der Waals surface area (Å²) >= 11 is 3.51. The maximum atomic E-state index is 12.3. The van der Waals surface area contributed by atoms with Crippen LogP contribution in [0.1, 0.15) is 36.8 Å². The zero-order valence-electron chi connectivity index (χ0n) is 12.3. The molecule has 0 bridgehead atoms. The first-order valence-corrected chi connectivity index (χ1v) is 8.71. The minimum absolute atomic E-state index is 0.326. The normalized spacial score (nSPS) is 19.1. The number of hydrogen-bond acceptors (Lipinski definition) is 1. The van der Waals surface area contributed by atoms with Crippen molar-refractivity contribution in [3.8, 4) is 0 Å². The van der Waals surface area contributed by atoms with Gasteiger partial charge in [0.05, 0.1) is 0 Å². The average Bonchev–Trinajstić information content (AvgIpc) is 2.47.